The van der Waals surface area contributed by atoms with E-state index in [0.717, 1.165) is 0 Å². The number of carbonyl (C=O) groups is 1. The van der Waals surface area contributed by atoms with Gasteiger partial charge in [-0.2, -0.15) is 0 Å². The molecule has 16 heavy (non-hydrogen) atoms. The Bertz CT molecular complexity index is 443. The van der Waals surface area contributed by atoms with Crippen molar-refractivity contribution in [1.82, 2.24) is 4.98 Å². The van der Waals surface area contributed by atoms with Crippen LogP contribution in [0.2, 0.25) is 0 Å². The Kier molecular flexibility index (Phi) is 3.49. The lowest BCUT2D eigenvalue weighted by Crippen LogP contribution is -2.27. The molecule has 1 heterocycles. The first-order chi connectivity index (χ1) is 7.35. The molecule has 0 fully saturated rings. The van der Waals surface area contributed by atoms with Crippen LogP contribution in [0.1, 0.15) is 36.7 Å². The Morgan fingerprint density at radius 3 is 2.62 bits per heavy atom. The molecule has 1 aromatic rings. The molecule has 0 radical (unpaired) electrons. The van der Waals surface area contributed by atoms with E-state index in [1.165, 1.54) is 12.3 Å². The van der Waals surface area contributed by atoms with Crippen molar-refractivity contribution in [2.75, 3.05) is 0 Å². The molecule has 1 aromatic heterocycles. The van der Waals surface area contributed by atoms with Gasteiger partial charge in [0.1, 0.15) is 5.60 Å². The molecule has 0 aliphatic heterocycles. The monoisotopic (exact) mass is 224 g/mol. The lowest BCUT2D eigenvalue weighted by atomic mass is 10.1. The molecular weight excluding hydrogens is 208 g/mol. The molecule has 1 rings (SSSR count). The van der Waals surface area contributed by atoms with Gasteiger partial charge < -0.3 is 15.5 Å². The Morgan fingerprint density at radius 1 is 1.50 bits per heavy atom. The van der Waals surface area contributed by atoms with Crippen molar-refractivity contribution in [2.45, 2.75) is 32.9 Å². The molecule has 5 nitrogen and oxygen atoms in total. The highest BCUT2D eigenvalue weighted by atomic mass is 16.6. The van der Waals surface area contributed by atoms with E-state index in [0.29, 0.717) is 0 Å². The Labute approximate surface area is 93.6 Å². The maximum atomic E-state index is 11.8. The molecule has 0 saturated heterocycles. The zero-order valence-corrected chi connectivity index (χ0v) is 9.66. The van der Waals surface area contributed by atoms with Crippen LogP contribution in [0.15, 0.2) is 17.1 Å². The van der Waals surface area contributed by atoms with Crippen LogP contribution in [0.4, 0.5) is 0 Å². The smallest absolute Gasteiger partial charge is 0.339 e. The fourth-order valence-corrected chi connectivity index (χ4v) is 1.24. The first-order valence-electron chi connectivity index (χ1n) is 4.99. The zero-order chi connectivity index (χ0) is 12.3. The van der Waals surface area contributed by atoms with Crippen LogP contribution >= 0.6 is 0 Å². The highest BCUT2D eigenvalue weighted by molar-refractivity contribution is 5.91. The molecule has 5 heteroatoms. The van der Waals surface area contributed by atoms with Gasteiger partial charge in [-0.3, -0.25) is 4.79 Å². The average Bonchev–Trinajstić information content (AvgIpc) is 2.14. The standard InChI is InChI=1S/C11H16N2O3/c1-11(2,3)16-10(15)7-4-5-13-9(14)8(7)6-12/h4-5H,6,12H2,1-3H3,(H,13,14). The summed E-state index contributed by atoms with van der Waals surface area (Å²) in [4.78, 5) is 25.6. The van der Waals surface area contributed by atoms with Crippen molar-refractivity contribution in [1.29, 1.82) is 0 Å². The largest absolute Gasteiger partial charge is 0.456 e. The van der Waals surface area contributed by atoms with Crippen LogP contribution in [0.25, 0.3) is 0 Å². The molecule has 0 aliphatic carbocycles. The van der Waals surface area contributed by atoms with Crippen LogP contribution in [0.5, 0.6) is 0 Å². The number of aromatic amines is 1. The van der Waals surface area contributed by atoms with E-state index in [1.54, 1.807) is 20.8 Å². The molecule has 3 N–H and O–H groups in total. The Balaban J connectivity index is 3.09. The van der Waals surface area contributed by atoms with Crippen LogP contribution < -0.4 is 11.3 Å². The molecule has 0 amide bonds. The normalized spacial score (nSPS) is 11.2. The summed E-state index contributed by atoms with van der Waals surface area (Å²) in [7, 11) is 0. The second kappa shape index (κ2) is 4.49. The van der Waals surface area contributed by atoms with Crippen molar-refractivity contribution in [2.24, 2.45) is 5.73 Å². The number of pyridine rings is 1. The van der Waals surface area contributed by atoms with Crippen LogP contribution in [0, 0.1) is 0 Å². The van der Waals surface area contributed by atoms with E-state index in [4.69, 9.17) is 10.5 Å². The number of ether oxygens (including phenoxy) is 1. The number of aromatic nitrogens is 1. The van der Waals surface area contributed by atoms with E-state index in [2.05, 4.69) is 4.98 Å². The fraction of sp³-hybridized carbons (Fsp3) is 0.455. The highest BCUT2D eigenvalue weighted by Crippen LogP contribution is 2.12. The molecular formula is C11H16N2O3. The molecule has 0 atom stereocenters. The number of esters is 1. The minimum atomic E-state index is -0.592. The minimum Gasteiger partial charge on any atom is -0.456 e. The Hall–Kier alpha value is -1.62. The fourth-order valence-electron chi connectivity index (χ4n) is 1.24. The third-order valence-corrected chi connectivity index (χ3v) is 1.89. The number of hydrogen-bond donors (Lipinski definition) is 2. The van der Waals surface area contributed by atoms with Crippen LogP contribution in [0.3, 0.4) is 0 Å². The number of carbonyl (C=O) groups excluding carboxylic acids is 1. The average molecular weight is 224 g/mol. The summed E-state index contributed by atoms with van der Waals surface area (Å²) < 4.78 is 5.17. The van der Waals surface area contributed by atoms with Crippen molar-refractivity contribution < 1.29 is 9.53 Å². The molecule has 0 aromatic carbocycles. The molecule has 88 valence electrons. The number of nitrogens with two attached hydrogens (primary N) is 1. The van der Waals surface area contributed by atoms with Crippen molar-refractivity contribution in [3.8, 4) is 0 Å². The van der Waals surface area contributed by atoms with Gasteiger partial charge in [-0.05, 0) is 26.8 Å². The molecule has 0 saturated carbocycles. The van der Waals surface area contributed by atoms with Gasteiger partial charge in [0.25, 0.3) is 5.56 Å². The summed E-state index contributed by atoms with van der Waals surface area (Å²) in [6, 6.07) is 1.50. The van der Waals surface area contributed by atoms with Gasteiger partial charge in [0.2, 0.25) is 0 Å². The first-order valence-corrected chi connectivity index (χ1v) is 4.99. The van der Waals surface area contributed by atoms with Crippen molar-refractivity contribution in [3.05, 3.63) is 33.7 Å². The van der Waals surface area contributed by atoms with Crippen LogP contribution in [-0.2, 0) is 11.3 Å². The van der Waals surface area contributed by atoms with Gasteiger partial charge in [-0.25, -0.2) is 4.79 Å². The predicted octanol–water partition coefficient (Wildman–Crippen LogP) is 0.789. The van der Waals surface area contributed by atoms with E-state index < -0.39 is 11.6 Å². The van der Waals surface area contributed by atoms with E-state index >= 15 is 0 Å². The minimum absolute atomic E-state index is 0.00471. The van der Waals surface area contributed by atoms with Gasteiger partial charge in [-0.1, -0.05) is 0 Å². The summed E-state index contributed by atoms with van der Waals surface area (Å²) in [5.74, 6) is -0.529. The SMILES string of the molecule is CC(C)(C)OC(=O)c1cc[nH]c(=O)c1CN. The van der Waals surface area contributed by atoms with Crippen molar-refractivity contribution >= 4 is 5.97 Å². The number of hydrogen-bond acceptors (Lipinski definition) is 4. The summed E-state index contributed by atoms with van der Waals surface area (Å²) in [6.45, 7) is 5.30. The summed E-state index contributed by atoms with van der Waals surface area (Å²) in [5.41, 5.74) is 4.95. The summed E-state index contributed by atoms with van der Waals surface area (Å²) in [6.07, 6.45) is 1.40. The Morgan fingerprint density at radius 2 is 2.12 bits per heavy atom. The molecule has 0 bridgehead atoms. The number of H-pyrrole nitrogens is 1. The topological polar surface area (TPSA) is 85.2 Å². The van der Waals surface area contributed by atoms with Gasteiger partial charge >= 0.3 is 5.97 Å². The zero-order valence-electron chi connectivity index (χ0n) is 9.66. The van der Waals surface area contributed by atoms with Crippen LogP contribution in [-0.4, -0.2) is 16.6 Å². The maximum Gasteiger partial charge on any atom is 0.339 e. The second-order valence-electron chi connectivity index (χ2n) is 4.41. The van der Waals surface area contributed by atoms with Gasteiger partial charge in [0.05, 0.1) is 5.56 Å². The lowest BCUT2D eigenvalue weighted by molar-refractivity contribution is 0.00680. The summed E-state index contributed by atoms with van der Waals surface area (Å²) >= 11 is 0. The quantitative estimate of drug-likeness (QED) is 0.727. The predicted molar refractivity (Wildman–Crippen MR) is 60.1 cm³/mol. The van der Waals surface area contributed by atoms with Gasteiger partial charge in [-0.15, -0.1) is 0 Å². The first kappa shape index (κ1) is 12.4. The maximum absolute atomic E-state index is 11.8. The highest BCUT2D eigenvalue weighted by Gasteiger charge is 2.20. The third-order valence-electron chi connectivity index (χ3n) is 1.89. The number of rotatable bonds is 2. The van der Waals surface area contributed by atoms with E-state index in [1.807, 2.05) is 0 Å². The van der Waals surface area contributed by atoms with E-state index in [9.17, 15) is 9.59 Å². The molecule has 0 aliphatic rings. The molecule has 0 spiro atoms. The third kappa shape index (κ3) is 2.93. The van der Waals surface area contributed by atoms with Gasteiger partial charge in [0.15, 0.2) is 0 Å². The molecule has 0 unspecified atom stereocenters. The summed E-state index contributed by atoms with van der Waals surface area (Å²) in [5, 5.41) is 0. The lowest BCUT2D eigenvalue weighted by Gasteiger charge is -2.20. The van der Waals surface area contributed by atoms with E-state index in [-0.39, 0.29) is 23.2 Å². The number of nitrogens with one attached hydrogen (secondary N) is 1. The second-order valence-corrected chi connectivity index (χ2v) is 4.41. The van der Waals surface area contributed by atoms with Gasteiger partial charge in [0, 0.05) is 18.3 Å². The van der Waals surface area contributed by atoms with Crippen molar-refractivity contribution in [3.63, 3.8) is 0 Å².